The minimum Gasteiger partial charge on any atom is -0.376 e. The highest BCUT2D eigenvalue weighted by atomic mass is 16.5. The molecule has 1 unspecified atom stereocenters. The second kappa shape index (κ2) is 8.34. The topological polar surface area (TPSA) is 62.9 Å². The molecule has 23 heavy (non-hydrogen) atoms. The maximum atomic E-state index is 6.12. The summed E-state index contributed by atoms with van der Waals surface area (Å²) in [5.74, 6) is 0.599. The van der Waals surface area contributed by atoms with Gasteiger partial charge in [-0.25, -0.2) is 0 Å². The Hall–Kier alpha value is -0.810. The van der Waals surface area contributed by atoms with Gasteiger partial charge in [0.05, 0.1) is 12.6 Å². The molecule has 0 bridgehead atoms. The van der Waals surface area contributed by atoms with Crippen LogP contribution in [-0.4, -0.2) is 55.3 Å². The number of hydrogen-bond acceptors (Lipinski definition) is 3. The van der Waals surface area contributed by atoms with Gasteiger partial charge in [0, 0.05) is 18.7 Å². The minimum absolute atomic E-state index is 0.273. The minimum atomic E-state index is 0.273. The van der Waals surface area contributed by atoms with E-state index in [4.69, 9.17) is 15.5 Å². The van der Waals surface area contributed by atoms with E-state index in [2.05, 4.69) is 10.2 Å². The van der Waals surface area contributed by atoms with Crippen molar-refractivity contribution in [2.45, 2.75) is 75.9 Å². The van der Waals surface area contributed by atoms with Gasteiger partial charge in [-0.2, -0.15) is 0 Å². The predicted molar refractivity (Wildman–Crippen MR) is 94.7 cm³/mol. The number of nitrogens with two attached hydrogens (primary N) is 1. The lowest BCUT2D eigenvalue weighted by Gasteiger charge is -2.47. The van der Waals surface area contributed by atoms with Crippen molar-refractivity contribution in [2.75, 3.05) is 32.8 Å². The van der Waals surface area contributed by atoms with Gasteiger partial charge in [-0.15, -0.1) is 0 Å². The van der Waals surface area contributed by atoms with Crippen LogP contribution in [0.3, 0.4) is 0 Å². The van der Waals surface area contributed by atoms with Crippen LogP contribution in [0.1, 0.15) is 64.2 Å². The van der Waals surface area contributed by atoms with E-state index in [9.17, 15) is 0 Å². The highest BCUT2D eigenvalue weighted by Gasteiger charge is 2.38. The van der Waals surface area contributed by atoms with Crippen LogP contribution < -0.4 is 11.1 Å². The first-order valence-electron chi connectivity index (χ1n) is 9.69. The number of rotatable bonds is 5. The van der Waals surface area contributed by atoms with Crippen LogP contribution >= 0.6 is 0 Å². The van der Waals surface area contributed by atoms with Crippen LogP contribution in [0.5, 0.6) is 0 Å². The summed E-state index contributed by atoms with van der Waals surface area (Å²) in [5, 5.41) is 3.27. The molecule has 0 aromatic heterocycles. The number of hydrogen-bond donors (Lipinski definition) is 2. The summed E-state index contributed by atoms with van der Waals surface area (Å²) in [6, 6.07) is 0. The number of guanidine groups is 1. The monoisotopic (exact) mass is 322 g/mol. The Morgan fingerprint density at radius 3 is 2.52 bits per heavy atom. The van der Waals surface area contributed by atoms with Crippen LogP contribution in [0.15, 0.2) is 4.99 Å². The van der Waals surface area contributed by atoms with Crippen molar-refractivity contribution in [3.63, 3.8) is 0 Å². The van der Waals surface area contributed by atoms with Gasteiger partial charge >= 0.3 is 0 Å². The van der Waals surface area contributed by atoms with Gasteiger partial charge in [-0.05, 0) is 51.6 Å². The highest BCUT2D eigenvalue weighted by molar-refractivity contribution is 5.77. The van der Waals surface area contributed by atoms with E-state index in [0.717, 1.165) is 26.1 Å². The van der Waals surface area contributed by atoms with Gasteiger partial charge in [0.2, 0.25) is 0 Å². The fourth-order valence-corrected chi connectivity index (χ4v) is 4.46. The Labute approximate surface area is 141 Å². The summed E-state index contributed by atoms with van der Waals surface area (Å²) in [6.45, 7) is 5.04. The van der Waals surface area contributed by atoms with Gasteiger partial charge in [0.1, 0.15) is 0 Å². The predicted octanol–water partition coefficient (Wildman–Crippen LogP) is 2.26. The highest BCUT2D eigenvalue weighted by Crippen LogP contribution is 2.35. The SMILES string of the molecule is NC(=NCC1(N2CCCCC2)CCCCC1)NCC1CCCO1. The molecule has 1 saturated carbocycles. The number of ether oxygens (including phenoxy) is 1. The van der Waals surface area contributed by atoms with Gasteiger partial charge < -0.3 is 15.8 Å². The van der Waals surface area contributed by atoms with Crippen molar-refractivity contribution >= 4 is 5.96 Å². The van der Waals surface area contributed by atoms with Crippen molar-refractivity contribution in [2.24, 2.45) is 10.7 Å². The fourth-order valence-electron chi connectivity index (χ4n) is 4.46. The molecule has 5 heteroatoms. The Kier molecular flexibility index (Phi) is 6.17. The van der Waals surface area contributed by atoms with Crippen molar-refractivity contribution in [3.8, 4) is 0 Å². The second-order valence-corrected chi connectivity index (χ2v) is 7.55. The quantitative estimate of drug-likeness (QED) is 0.602. The molecule has 0 spiro atoms. The molecule has 2 heterocycles. The zero-order valence-electron chi connectivity index (χ0n) is 14.6. The van der Waals surface area contributed by atoms with Crippen molar-refractivity contribution < 1.29 is 4.74 Å². The van der Waals surface area contributed by atoms with Crippen molar-refractivity contribution in [1.29, 1.82) is 0 Å². The average Bonchev–Trinajstić information content (AvgIpc) is 3.13. The number of aliphatic imine (C=N–C) groups is 1. The molecule has 0 radical (unpaired) electrons. The lowest BCUT2D eigenvalue weighted by molar-refractivity contribution is 0.0407. The van der Waals surface area contributed by atoms with Gasteiger partial charge in [-0.1, -0.05) is 25.7 Å². The van der Waals surface area contributed by atoms with E-state index in [0.29, 0.717) is 12.1 Å². The molecule has 1 aliphatic carbocycles. The summed E-state index contributed by atoms with van der Waals surface area (Å²) in [5.41, 5.74) is 6.39. The standard InChI is InChI=1S/C18H34N4O/c19-17(20-14-16-8-7-13-23-16)21-15-18(9-3-1-4-10-18)22-11-5-2-6-12-22/h16H,1-15H2,(H3,19,20,21). The molecule has 0 aromatic rings. The number of nitrogens with zero attached hydrogens (tertiary/aromatic N) is 2. The van der Waals surface area contributed by atoms with Crippen LogP contribution in [0, 0.1) is 0 Å². The fraction of sp³-hybridized carbons (Fsp3) is 0.944. The van der Waals surface area contributed by atoms with E-state index >= 15 is 0 Å². The number of piperidine rings is 1. The van der Waals surface area contributed by atoms with Crippen molar-refractivity contribution in [1.82, 2.24) is 10.2 Å². The molecule has 3 aliphatic rings. The first-order chi connectivity index (χ1) is 11.3. The van der Waals surface area contributed by atoms with Crippen LogP contribution in [0.4, 0.5) is 0 Å². The Morgan fingerprint density at radius 1 is 1.09 bits per heavy atom. The van der Waals surface area contributed by atoms with Gasteiger partial charge in [-0.3, -0.25) is 9.89 Å². The normalized spacial score (nSPS) is 29.6. The Morgan fingerprint density at radius 2 is 1.83 bits per heavy atom. The average molecular weight is 322 g/mol. The molecular formula is C18H34N4O. The zero-order chi connectivity index (χ0) is 16.0. The van der Waals surface area contributed by atoms with E-state index in [1.165, 1.54) is 70.9 Å². The molecule has 3 N–H and O–H groups in total. The molecule has 132 valence electrons. The molecule has 3 fully saturated rings. The molecule has 1 atom stereocenters. The smallest absolute Gasteiger partial charge is 0.188 e. The number of nitrogens with one attached hydrogen (secondary N) is 1. The lowest BCUT2D eigenvalue weighted by atomic mass is 9.79. The summed E-state index contributed by atoms with van der Waals surface area (Å²) >= 11 is 0. The largest absolute Gasteiger partial charge is 0.376 e. The third-order valence-electron chi connectivity index (χ3n) is 5.89. The van der Waals surface area contributed by atoms with E-state index < -0.39 is 0 Å². The first-order valence-corrected chi connectivity index (χ1v) is 9.69. The van der Waals surface area contributed by atoms with E-state index in [-0.39, 0.29) is 5.54 Å². The molecule has 2 aliphatic heterocycles. The first kappa shape index (κ1) is 17.0. The van der Waals surface area contributed by atoms with Crippen LogP contribution in [0.2, 0.25) is 0 Å². The lowest BCUT2D eigenvalue weighted by Crippen LogP contribution is -2.54. The second-order valence-electron chi connectivity index (χ2n) is 7.55. The third-order valence-corrected chi connectivity index (χ3v) is 5.89. The zero-order valence-corrected chi connectivity index (χ0v) is 14.6. The molecular weight excluding hydrogens is 288 g/mol. The molecule has 5 nitrogen and oxygen atoms in total. The van der Waals surface area contributed by atoms with E-state index in [1.807, 2.05) is 0 Å². The summed E-state index contributed by atoms with van der Waals surface area (Å²) in [4.78, 5) is 7.47. The maximum absolute atomic E-state index is 6.12. The van der Waals surface area contributed by atoms with Crippen LogP contribution in [0.25, 0.3) is 0 Å². The molecule has 0 amide bonds. The third kappa shape index (κ3) is 4.60. The maximum Gasteiger partial charge on any atom is 0.188 e. The molecule has 2 saturated heterocycles. The molecule has 0 aromatic carbocycles. The number of likely N-dealkylation sites (tertiary alicyclic amines) is 1. The summed E-state index contributed by atoms with van der Waals surface area (Å²) in [6.07, 6.45) is 13.3. The molecule has 3 rings (SSSR count). The van der Waals surface area contributed by atoms with Crippen LogP contribution in [-0.2, 0) is 4.74 Å². The van der Waals surface area contributed by atoms with Gasteiger partial charge in [0.25, 0.3) is 0 Å². The van der Waals surface area contributed by atoms with Gasteiger partial charge in [0.15, 0.2) is 5.96 Å². The summed E-state index contributed by atoms with van der Waals surface area (Å²) in [7, 11) is 0. The van der Waals surface area contributed by atoms with E-state index in [1.54, 1.807) is 0 Å². The summed E-state index contributed by atoms with van der Waals surface area (Å²) < 4.78 is 5.63. The van der Waals surface area contributed by atoms with Crippen molar-refractivity contribution in [3.05, 3.63) is 0 Å². The Balaban J connectivity index is 1.55. The Bertz CT molecular complexity index is 380.